The van der Waals surface area contributed by atoms with Gasteiger partial charge in [0.2, 0.25) is 0 Å². The van der Waals surface area contributed by atoms with E-state index in [2.05, 4.69) is 4.74 Å². The van der Waals surface area contributed by atoms with E-state index in [-0.39, 0.29) is 12.2 Å². The van der Waals surface area contributed by atoms with Crippen LogP contribution in [0.25, 0.3) is 6.08 Å². The summed E-state index contributed by atoms with van der Waals surface area (Å²) in [6.45, 7) is 1.93. The first-order valence-corrected chi connectivity index (χ1v) is 7.93. The van der Waals surface area contributed by atoms with Gasteiger partial charge in [0.1, 0.15) is 17.4 Å². The Bertz CT molecular complexity index is 785. The van der Waals surface area contributed by atoms with Crippen molar-refractivity contribution >= 4 is 6.08 Å². The summed E-state index contributed by atoms with van der Waals surface area (Å²) in [5.41, 5.74) is -0.689. The summed E-state index contributed by atoms with van der Waals surface area (Å²) in [5.74, 6) is -3.77. The first-order chi connectivity index (χ1) is 12.5. The fourth-order valence-corrected chi connectivity index (χ4v) is 2.32. The van der Waals surface area contributed by atoms with Crippen molar-refractivity contribution < 1.29 is 35.5 Å². The Labute approximate surface area is 151 Å². The van der Waals surface area contributed by atoms with Crippen LogP contribution in [0.4, 0.5) is 30.7 Å². The van der Waals surface area contributed by atoms with Crippen LogP contribution in [0.2, 0.25) is 0 Å². The number of allylic oxidation sites excluding steroid dienone is 1. The number of rotatable bonds is 6. The van der Waals surface area contributed by atoms with Crippen LogP contribution in [0.3, 0.4) is 0 Å². The van der Waals surface area contributed by atoms with Crippen LogP contribution in [0, 0.1) is 11.6 Å². The second-order valence-electron chi connectivity index (χ2n) is 5.74. The molecule has 0 atom stereocenters. The van der Waals surface area contributed by atoms with E-state index in [0.29, 0.717) is 18.6 Å². The SMILES string of the molecule is CCCc1ccc(C(F)(F)Oc2cc(F)c(C=CC(F)(F)F)c(F)c2)cc1. The Kier molecular flexibility index (Phi) is 6.18. The number of hydrogen-bond acceptors (Lipinski definition) is 1. The predicted molar refractivity (Wildman–Crippen MR) is 86.4 cm³/mol. The van der Waals surface area contributed by atoms with Gasteiger partial charge in [0.05, 0.1) is 5.56 Å². The number of alkyl halides is 5. The number of halogens is 7. The molecule has 0 radical (unpaired) electrons. The maximum atomic E-state index is 14.2. The van der Waals surface area contributed by atoms with E-state index in [1.54, 1.807) is 0 Å². The molecular weight excluding hydrogens is 377 g/mol. The zero-order chi connectivity index (χ0) is 20.2. The summed E-state index contributed by atoms with van der Waals surface area (Å²) in [6, 6.07) is 6.05. The van der Waals surface area contributed by atoms with Gasteiger partial charge in [0, 0.05) is 23.8 Å². The van der Waals surface area contributed by atoms with Gasteiger partial charge in [-0.05, 0) is 30.2 Å². The molecule has 2 aromatic rings. The monoisotopic (exact) mass is 392 g/mol. The first kappa shape index (κ1) is 20.8. The van der Waals surface area contributed by atoms with E-state index < -0.39 is 40.8 Å². The molecule has 1 nitrogen and oxygen atoms in total. The number of benzene rings is 2. The average molecular weight is 392 g/mol. The maximum absolute atomic E-state index is 14.2. The molecule has 0 bridgehead atoms. The molecule has 0 spiro atoms. The molecular formula is C19H15F7O. The smallest absolute Gasteiger partial charge is 0.426 e. The molecule has 0 aliphatic heterocycles. The van der Waals surface area contributed by atoms with Gasteiger partial charge < -0.3 is 4.74 Å². The summed E-state index contributed by atoms with van der Waals surface area (Å²) < 4.78 is 96.8. The van der Waals surface area contributed by atoms with Crippen LogP contribution in [0.15, 0.2) is 42.5 Å². The van der Waals surface area contributed by atoms with E-state index in [9.17, 15) is 30.7 Å². The van der Waals surface area contributed by atoms with Crippen molar-refractivity contribution in [1.29, 1.82) is 0 Å². The molecule has 146 valence electrons. The van der Waals surface area contributed by atoms with E-state index in [1.165, 1.54) is 12.1 Å². The number of ether oxygens (including phenoxy) is 1. The normalized spacial score (nSPS) is 12.6. The van der Waals surface area contributed by atoms with E-state index in [0.717, 1.165) is 24.1 Å². The molecule has 0 heterocycles. The zero-order valence-electron chi connectivity index (χ0n) is 14.1. The van der Waals surface area contributed by atoms with Gasteiger partial charge in [-0.1, -0.05) is 25.5 Å². The predicted octanol–water partition coefficient (Wildman–Crippen LogP) is 6.62. The Hall–Kier alpha value is -2.51. The maximum Gasteiger partial charge on any atom is 0.426 e. The van der Waals surface area contributed by atoms with Gasteiger partial charge in [-0.3, -0.25) is 0 Å². The van der Waals surface area contributed by atoms with Gasteiger partial charge in [-0.25, -0.2) is 8.78 Å². The van der Waals surface area contributed by atoms with Crippen LogP contribution >= 0.6 is 0 Å². The standard InChI is InChI=1S/C19H15F7O/c1-2-3-12-4-6-13(7-5-12)19(25,26)27-14-10-16(20)15(17(21)11-14)8-9-18(22,23)24/h4-11H,2-3H2,1H3. The molecule has 2 rings (SSSR count). The lowest BCUT2D eigenvalue weighted by atomic mass is 10.1. The minimum Gasteiger partial charge on any atom is -0.429 e. The molecule has 0 saturated carbocycles. The van der Waals surface area contributed by atoms with Crippen LogP contribution in [-0.2, 0) is 12.5 Å². The molecule has 2 aromatic carbocycles. The third-order valence-electron chi connectivity index (χ3n) is 3.57. The second kappa shape index (κ2) is 8.02. The highest BCUT2D eigenvalue weighted by atomic mass is 19.4. The van der Waals surface area contributed by atoms with Crippen molar-refractivity contribution in [3.05, 3.63) is 70.8 Å². The fraction of sp³-hybridized carbons (Fsp3) is 0.263. The lowest BCUT2D eigenvalue weighted by Crippen LogP contribution is -2.22. The van der Waals surface area contributed by atoms with Crippen molar-refractivity contribution in [3.63, 3.8) is 0 Å². The quantitative estimate of drug-likeness (QED) is 0.502. The molecule has 0 aliphatic rings. The number of hydrogen-bond donors (Lipinski definition) is 0. The van der Waals surface area contributed by atoms with Gasteiger partial charge in [0.25, 0.3) is 0 Å². The highest BCUT2D eigenvalue weighted by molar-refractivity contribution is 5.53. The van der Waals surface area contributed by atoms with Gasteiger partial charge in [-0.2, -0.15) is 22.0 Å². The lowest BCUT2D eigenvalue weighted by Gasteiger charge is -2.19. The molecule has 0 amide bonds. The summed E-state index contributed by atoms with van der Waals surface area (Å²) in [7, 11) is 0. The second-order valence-corrected chi connectivity index (χ2v) is 5.74. The molecule has 0 aliphatic carbocycles. The third kappa shape index (κ3) is 5.74. The summed E-state index contributed by atoms with van der Waals surface area (Å²) in [6.07, 6.45) is -7.30. The largest absolute Gasteiger partial charge is 0.429 e. The molecule has 0 fully saturated rings. The molecule has 27 heavy (non-hydrogen) atoms. The van der Waals surface area contributed by atoms with Crippen LogP contribution in [0.1, 0.15) is 30.0 Å². The molecule has 0 saturated heterocycles. The molecule has 8 heteroatoms. The Balaban J connectivity index is 2.24. The summed E-state index contributed by atoms with van der Waals surface area (Å²) in [5, 5.41) is 0. The summed E-state index contributed by atoms with van der Waals surface area (Å²) in [4.78, 5) is 0. The zero-order valence-corrected chi connectivity index (χ0v) is 14.1. The van der Waals surface area contributed by atoms with E-state index in [1.807, 2.05) is 6.92 Å². The topological polar surface area (TPSA) is 9.23 Å². The third-order valence-corrected chi connectivity index (χ3v) is 3.57. The first-order valence-electron chi connectivity index (χ1n) is 7.93. The van der Waals surface area contributed by atoms with Crippen molar-refractivity contribution in [1.82, 2.24) is 0 Å². The van der Waals surface area contributed by atoms with Gasteiger partial charge >= 0.3 is 12.3 Å². The molecule has 0 aromatic heterocycles. The highest BCUT2D eigenvalue weighted by Crippen LogP contribution is 2.33. The fourth-order valence-electron chi connectivity index (χ4n) is 2.32. The Morgan fingerprint density at radius 2 is 1.48 bits per heavy atom. The minimum absolute atomic E-state index is 0.180. The minimum atomic E-state index is -4.77. The van der Waals surface area contributed by atoms with Crippen LogP contribution in [-0.4, -0.2) is 6.18 Å². The number of aryl methyl sites for hydroxylation is 1. The van der Waals surface area contributed by atoms with Gasteiger partial charge in [-0.15, -0.1) is 0 Å². The lowest BCUT2D eigenvalue weighted by molar-refractivity contribution is -0.185. The van der Waals surface area contributed by atoms with Gasteiger partial charge in [0.15, 0.2) is 0 Å². The Morgan fingerprint density at radius 1 is 0.926 bits per heavy atom. The van der Waals surface area contributed by atoms with E-state index in [4.69, 9.17) is 0 Å². The van der Waals surface area contributed by atoms with Crippen molar-refractivity contribution in [3.8, 4) is 5.75 Å². The molecule has 0 N–H and O–H groups in total. The van der Waals surface area contributed by atoms with Crippen LogP contribution in [0.5, 0.6) is 5.75 Å². The van der Waals surface area contributed by atoms with Crippen molar-refractivity contribution in [2.24, 2.45) is 0 Å². The van der Waals surface area contributed by atoms with Crippen molar-refractivity contribution in [2.75, 3.05) is 0 Å². The summed E-state index contributed by atoms with van der Waals surface area (Å²) >= 11 is 0. The van der Waals surface area contributed by atoms with E-state index >= 15 is 0 Å². The Morgan fingerprint density at radius 3 is 1.96 bits per heavy atom. The molecule has 0 unspecified atom stereocenters. The van der Waals surface area contributed by atoms with Crippen molar-refractivity contribution in [2.45, 2.75) is 32.1 Å². The highest BCUT2D eigenvalue weighted by Gasteiger charge is 2.35. The van der Waals surface area contributed by atoms with Crippen LogP contribution < -0.4 is 4.74 Å². The average Bonchev–Trinajstić information content (AvgIpc) is 2.53.